The molecular weight excluding hydrogens is 248 g/mol. The third-order valence-corrected chi connectivity index (χ3v) is 3.67. The minimum atomic E-state index is -0.643. The highest BCUT2D eigenvalue weighted by Gasteiger charge is 2.11. The number of aliphatic carboxylic acids is 1. The molecule has 1 N–H and O–H groups in total. The predicted molar refractivity (Wildman–Crippen MR) is 86.9 cm³/mol. The van der Waals surface area contributed by atoms with Crippen LogP contribution in [0.15, 0.2) is 24.8 Å². The van der Waals surface area contributed by atoms with E-state index < -0.39 is 5.97 Å². The van der Waals surface area contributed by atoms with Crippen LogP contribution in [-0.2, 0) is 4.79 Å². The van der Waals surface area contributed by atoms with Crippen LogP contribution < -0.4 is 0 Å². The maximum absolute atomic E-state index is 10.8. The maximum atomic E-state index is 10.8. The van der Waals surface area contributed by atoms with Gasteiger partial charge in [0.25, 0.3) is 0 Å². The molecule has 0 bridgehead atoms. The Morgan fingerprint density at radius 3 is 2.35 bits per heavy atom. The van der Waals surface area contributed by atoms with Gasteiger partial charge in [0.05, 0.1) is 0 Å². The van der Waals surface area contributed by atoms with E-state index in [4.69, 9.17) is 5.11 Å². The van der Waals surface area contributed by atoms with Crippen molar-refractivity contribution in [1.82, 2.24) is 0 Å². The van der Waals surface area contributed by atoms with E-state index in [0.717, 1.165) is 25.7 Å². The minimum Gasteiger partial charge on any atom is -0.481 e. The fourth-order valence-electron chi connectivity index (χ4n) is 2.60. The highest BCUT2D eigenvalue weighted by atomic mass is 16.4. The second-order valence-corrected chi connectivity index (χ2v) is 5.62. The van der Waals surface area contributed by atoms with Gasteiger partial charge in [-0.2, -0.15) is 0 Å². The van der Waals surface area contributed by atoms with Crippen LogP contribution in [0.25, 0.3) is 0 Å². The van der Waals surface area contributed by atoms with Gasteiger partial charge in [0.2, 0.25) is 0 Å². The second-order valence-electron chi connectivity index (χ2n) is 5.62. The van der Waals surface area contributed by atoms with Crippen molar-refractivity contribution in [3.05, 3.63) is 24.8 Å². The summed E-state index contributed by atoms with van der Waals surface area (Å²) in [5.74, 6) is -0.252. The van der Waals surface area contributed by atoms with E-state index in [1.54, 1.807) is 0 Å². The quantitative estimate of drug-likeness (QED) is 0.325. The van der Waals surface area contributed by atoms with E-state index >= 15 is 0 Å². The fraction of sp³-hybridized carbons (Fsp3) is 0.722. The first-order valence-corrected chi connectivity index (χ1v) is 8.20. The number of hydrogen-bond acceptors (Lipinski definition) is 1. The third-order valence-electron chi connectivity index (χ3n) is 3.67. The van der Waals surface area contributed by atoms with Gasteiger partial charge in [0.15, 0.2) is 0 Å². The van der Waals surface area contributed by atoms with Crippen molar-refractivity contribution in [3.63, 3.8) is 0 Å². The summed E-state index contributed by atoms with van der Waals surface area (Å²) >= 11 is 0. The number of hydrogen-bond donors (Lipinski definition) is 1. The van der Waals surface area contributed by atoms with E-state index in [2.05, 4.69) is 19.6 Å². The SMILES string of the molecule is C=CC=CCCCCCCCCC(CCC)CC(=O)O. The molecule has 0 aliphatic rings. The molecule has 0 rings (SSSR count). The van der Waals surface area contributed by atoms with Crippen LogP contribution in [-0.4, -0.2) is 11.1 Å². The highest BCUT2D eigenvalue weighted by molar-refractivity contribution is 5.66. The zero-order valence-electron chi connectivity index (χ0n) is 13.2. The summed E-state index contributed by atoms with van der Waals surface area (Å²) in [7, 11) is 0. The van der Waals surface area contributed by atoms with Crippen molar-refractivity contribution in [2.24, 2.45) is 5.92 Å². The molecule has 0 amide bonds. The number of carbonyl (C=O) groups is 1. The first kappa shape index (κ1) is 18.9. The van der Waals surface area contributed by atoms with Gasteiger partial charge in [0.1, 0.15) is 0 Å². The lowest BCUT2D eigenvalue weighted by Crippen LogP contribution is -2.07. The molecule has 0 saturated carbocycles. The summed E-state index contributed by atoms with van der Waals surface area (Å²) in [6, 6.07) is 0. The normalized spacial score (nSPS) is 12.7. The van der Waals surface area contributed by atoms with Gasteiger partial charge in [-0.15, -0.1) is 0 Å². The lowest BCUT2D eigenvalue weighted by molar-refractivity contribution is -0.138. The van der Waals surface area contributed by atoms with Gasteiger partial charge in [-0.25, -0.2) is 0 Å². The molecule has 2 heteroatoms. The van der Waals surface area contributed by atoms with Gasteiger partial charge < -0.3 is 5.11 Å². The fourth-order valence-corrected chi connectivity index (χ4v) is 2.60. The van der Waals surface area contributed by atoms with Crippen molar-refractivity contribution >= 4 is 5.97 Å². The van der Waals surface area contributed by atoms with E-state index in [1.165, 1.54) is 38.5 Å². The van der Waals surface area contributed by atoms with E-state index in [9.17, 15) is 4.79 Å². The monoisotopic (exact) mass is 280 g/mol. The lowest BCUT2D eigenvalue weighted by atomic mass is 9.93. The molecule has 0 spiro atoms. The van der Waals surface area contributed by atoms with Crippen molar-refractivity contribution in [2.45, 2.75) is 77.6 Å². The third kappa shape index (κ3) is 13.4. The Hall–Kier alpha value is -1.05. The van der Waals surface area contributed by atoms with Crippen molar-refractivity contribution < 1.29 is 9.90 Å². The van der Waals surface area contributed by atoms with Crippen LogP contribution in [0.5, 0.6) is 0 Å². The molecule has 0 aliphatic heterocycles. The summed E-state index contributed by atoms with van der Waals surface area (Å²) in [5, 5.41) is 8.86. The Morgan fingerprint density at radius 1 is 1.10 bits per heavy atom. The smallest absolute Gasteiger partial charge is 0.303 e. The molecule has 20 heavy (non-hydrogen) atoms. The summed E-state index contributed by atoms with van der Waals surface area (Å²) < 4.78 is 0. The largest absolute Gasteiger partial charge is 0.481 e. The van der Waals surface area contributed by atoms with Gasteiger partial charge in [-0.3, -0.25) is 4.79 Å². The van der Waals surface area contributed by atoms with Crippen LogP contribution in [0.1, 0.15) is 77.6 Å². The average molecular weight is 280 g/mol. The summed E-state index contributed by atoms with van der Waals surface area (Å²) in [5.41, 5.74) is 0. The van der Waals surface area contributed by atoms with E-state index in [0.29, 0.717) is 12.3 Å². The zero-order valence-corrected chi connectivity index (χ0v) is 13.2. The number of carboxylic acids is 1. The predicted octanol–water partition coefficient (Wildman–Crippen LogP) is 5.74. The number of rotatable bonds is 14. The molecule has 0 fully saturated rings. The molecule has 0 aromatic carbocycles. The molecule has 0 radical (unpaired) electrons. The molecule has 0 aromatic rings. The van der Waals surface area contributed by atoms with Crippen LogP contribution in [0.4, 0.5) is 0 Å². The Labute approximate surface area is 125 Å². The molecular formula is C18H32O2. The van der Waals surface area contributed by atoms with E-state index in [-0.39, 0.29) is 0 Å². The number of carboxylic acid groups (broad SMARTS) is 1. The van der Waals surface area contributed by atoms with Crippen LogP contribution in [0.3, 0.4) is 0 Å². The standard InChI is InChI=1S/C18H32O2/c1-3-5-6-7-8-9-10-11-12-13-15-17(14-4-2)16-18(19)20/h3,5-6,17H,1,4,7-16H2,2H3,(H,19,20). The Bertz CT molecular complexity index is 269. The lowest BCUT2D eigenvalue weighted by Gasteiger charge is -2.13. The molecule has 116 valence electrons. The van der Waals surface area contributed by atoms with Crippen LogP contribution in [0.2, 0.25) is 0 Å². The highest BCUT2D eigenvalue weighted by Crippen LogP contribution is 2.20. The minimum absolute atomic E-state index is 0.351. The first-order valence-electron chi connectivity index (χ1n) is 8.20. The number of unbranched alkanes of at least 4 members (excludes halogenated alkanes) is 6. The van der Waals surface area contributed by atoms with E-state index in [1.807, 2.05) is 12.2 Å². The van der Waals surface area contributed by atoms with Crippen LogP contribution in [0, 0.1) is 5.92 Å². The molecule has 0 heterocycles. The first-order chi connectivity index (χ1) is 9.70. The summed E-state index contributed by atoms with van der Waals surface area (Å²) in [6.07, 6.45) is 18.4. The van der Waals surface area contributed by atoms with Gasteiger partial charge in [0, 0.05) is 6.42 Å². The van der Waals surface area contributed by atoms with Gasteiger partial charge in [-0.1, -0.05) is 76.7 Å². The van der Waals surface area contributed by atoms with Crippen LogP contribution >= 0.6 is 0 Å². The second kappa shape index (κ2) is 14.4. The summed E-state index contributed by atoms with van der Waals surface area (Å²) in [4.78, 5) is 10.8. The van der Waals surface area contributed by atoms with Crippen molar-refractivity contribution in [1.29, 1.82) is 0 Å². The number of allylic oxidation sites excluding steroid dienone is 3. The molecule has 0 aromatic heterocycles. The molecule has 1 unspecified atom stereocenters. The van der Waals surface area contributed by atoms with Crippen molar-refractivity contribution in [3.8, 4) is 0 Å². The summed E-state index contributed by atoms with van der Waals surface area (Å²) in [6.45, 7) is 5.78. The molecule has 1 atom stereocenters. The Morgan fingerprint density at radius 2 is 1.75 bits per heavy atom. The van der Waals surface area contributed by atoms with Gasteiger partial charge >= 0.3 is 5.97 Å². The molecule has 0 saturated heterocycles. The topological polar surface area (TPSA) is 37.3 Å². The Kier molecular flexibility index (Phi) is 13.6. The maximum Gasteiger partial charge on any atom is 0.303 e. The Balaban J connectivity index is 3.42. The van der Waals surface area contributed by atoms with Gasteiger partial charge in [-0.05, 0) is 25.2 Å². The molecule has 2 nitrogen and oxygen atoms in total. The molecule has 0 aliphatic carbocycles. The average Bonchev–Trinajstić information content (AvgIpc) is 2.40. The zero-order chi connectivity index (χ0) is 15.1. The van der Waals surface area contributed by atoms with Crippen molar-refractivity contribution in [2.75, 3.05) is 0 Å².